The van der Waals surface area contributed by atoms with E-state index in [4.69, 9.17) is 0 Å². The topological polar surface area (TPSA) is 18.5 Å². The van der Waals surface area contributed by atoms with Gasteiger partial charge in [0.25, 0.3) is 0 Å². The third-order valence-electron chi connectivity index (χ3n) is 3.32. The van der Waals surface area contributed by atoms with Crippen LogP contribution in [-0.2, 0) is 0 Å². The zero-order valence-corrected chi connectivity index (χ0v) is 8.79. The molecule has 0 bridgehead atoms. The highest BCUT2D eigenvalue weighted by atomic mass is 15.3. The summed E-state index contributed by atoms with van der Waals surface area (Å²) in [5, 5.41) is 3.48. The van der Waals surface area contributed by atoms with Gasteiger partial charge in [0, 0.05) is 51.4 Å². The van der Waals surface area contributed by atoms with Crippen molar-refractivity contribution in [3.05, 3.63) is 0 Å². The Morgan fingerprint density at radius 2 is 2.08 bits per heavy atom. The molecule has 1 atom stereocenters. The lowest BCUT2D eigenvalue weighted by Crippen LogP contribution is -2.62. The van der Waals surface area contributed by atoms with Crippen molar-refractivity contribution in [1.29, 1.82) is 0 Å². The molecular formula is C10H21N3. The number of piperazine rings is 2. The van der Waals surface area contributed by atoms with E-state index in [1.165, 1.54) is 39.3 Å². The van der Waals surface area contributed by atoms with E-state index in [9.17, 15) is 0 Å². The molecule has 0 radical (unpaired) electrons. The van der Waals surface area contributed by atoms with Crippen LogP contribution in [-0.4, -0.2) is 61.2 Å². The van der Waals surface area contributed by atoms with E-state index in [2.05, 4.69) is 29.0 Å². The molecule has 0 spiro atoms. The summed E-state index contributed by atoms with van der Waals surface area (Å²) in [6.45, 7) is 12.0. The summed E-state index contributed by atoms with van der Waals surface area (Å²) in [7, 11) is 0. The van der Waals surface area contributed by atoms with Crippen LogP contribution in [0, 0.1) is 0 Å². The Morgan fingerprint density at radius 3 is 2.85 bits per heavy atom. The predicted molar refractivity (Wildman–Crippen MR) is 54.9 cm³/mol. The van der Waals surface area contributed by atoms with Crippen LogP contribution in [0.15, 0.2) is 0 Å². The molecule has 0 saturated carbocycles. The quantitative estimate of drug-likeness (QED) is 0.616. The normalized spacial score (nSPS) is 32.1. The first-order valence-electron chi connectivity index (χ1n) is 5.46. The first kappa shape index (κ1) is 9.44. The van der Waals surface area contributed by atoms with Crippen molar-refractivity contribution in [3.8, 4) is 0 Å². The van der Waals surface area contributed by atoms with E-state index in [-0.39, 0.29) is 0 Å². The highest BCUT2D eigenvalue weighted by Gasteiger charge is 2.29. The van der Waals surface area contributed by atoms with Crippen molar-refractivity contribution in [2.75, 3.05) is 39.3 Å². The van der Waals surface area contributed by atoms with Crippen LogP contribution < -0.4 is 5.32 Å². The monoisotopic (exact) mass is 183 g/mol. The van der Waals surface area contributed by atoms with Crippen molar-refractivity contribution >= 4 is 0 Å². The summed E-state index contributed by atoms with van der Waals surface area (Å²) in [5.74, 6) is 0. The smallest absolute Gasteiger partial charge is 0.0349 e. The molecule has 0 aromatic carbocycles. The van der Waals surface area contributed by atoms with Crippen LogP contribution in [0.1, 0.15) is 13.8 Å². The first-order valence-corrected chi connectivity index (χ1v) is 5.46. The van der Waals surface area contributed by atoms with E-state index in [1.807, 2.05) is 0 Å². The molecule has 1 N–H and O–H groups in total. The highest BCUT2D eigenvalue weighted by molar-refractivity contribution is 4.87. The van der Waals surface area contributed by atoms with Gasteiger partial charge in [-0.1, -0.05) is 0 Å². The first-order chi connectivity index (χ1) is 6.27. The minimum Gasteiger partial charge on any atom is -0.314 e. The van der Waals surface area contributed by atoms with Crippen LogP contribution in [0.2, 0.25) is 0 Å². The molecular weight excluding hydrogens is 162 g/mol. The fraction of sp³-hybridized carbons (Fsp3) is 1.00. The lowest BCUT2D eigenvalue weighted by atomic mass is 10.1. The second-order valence-electron chi connectivity index (χ2n) is 4.48. The van der Waals surface area contributed by atoms with Crippen molar-refractivity contribution < 1.29 is 0 Å². The van der Waals surface area contributed by atoms with Gasteiger partial charge in [0.1, 0.15) is 0 Å². The largest absolute Gasteiger partial charge is 0.314 e. The van der Waals surface area contributed by atoms with Gasteiger partial charge in [-0.25, -0.2) is 0 Å². The fourth-order valence-corrected chi connectivity index (χ4v) is 2.37. The highest BCUT2D eigenvalue weighted by Crippen LogP contribution is 2.13. The van der Waals surface area contributed by atoms with Crippen LogP contribution in [0.3, 0.4) is 0 Å². The van der Waals surface area contributed by atoms with Gasteiger partial charge >= 0.3 is 0 Å². The molecule has 13 heavy (non-hydrogen) atoms. The lowest BCUT2D eigenvalue weighted by Gasteiger charge is -2.45. The molecule has 2 aliphatic heterocycles. The molecule has 3 nitrogen and oxygen atoms in total. The van der Waals surface area contributed by atoms with E-state index >= 15 is 0 Å². The third kappa shape index (κ3) is 2.03. The number of hydrogen-bond acceptors (Lipinski definition) is 3. The average molecular weight is 183 g/mol. The van der Waals surface area contributed by atoms with Crippen molar-refractivity contribution in [1.82, 2.24) is 15.1 Å². The molecule has 2 heterocycles. The Labute approximate surface area is 81.1 Å². The van der Waals surface area contributed by atoms with Crippen molar-refractivity contribution in [2.45, 2.75) is 25.9 Å². The zero-order valence-electron chi connectivity index (χ0n) is 8.79. The molecule has 0 aromatic heterocycles. The molecule has 2 fully saturated rings. The van der Waals surface area contributed by atoms with Crippen molar-refractivity contribution in [3.63, 3.8) is 0 Å². The molecule has 0 aliphatic carbocycles. The van der Waals surface area contributed by atoms with Gasteiger partial charge in [-0.3, -0.25) is 9.80 Å². The second kappa shape index (κ2) is 3.95. The summed E-state index contributed by atoms with van der Waals surface area (Å²) in [5.41, 5.74) is 0. The summed E-state index contributed by atoms with van der Waals surface area (Å²) in [4.78, 5) is 5.23. The van der Waals surface area contributed by atoms with Gasteiger partial charge in [0.05, 0.1) is 0 Å². The molecule has 0 amide bonds. The molecule has 76 valence electrons. The summed E-state index contributed by atoms with van der Waals surface area (Å²) >= 11 is 0. The SMILES string of the molecule is CC(C)N1CCN2CCNCC2C1. The Morgan fingerprint density at radius 1 is 1.23 bits per heavy atom. The average Bonchev–Trinajstić information content (AvgIpc) is 2.17. The Kier molecular flexibility index (Phi) is 2.86. The maximum Gasteiger partial charge on any atom is 0.0349 e. The van der Waals surface area contributed by atoms with Gasteiger partial charge in [-0.15, -0.1) is 0 Å². The van der Waals surface area contributed by atoms with Gasteiger partial charge in [0.2, 0.25) is 0 Å². The Bertz CT molecular complexity index is 170. The number of hydrogen-bond donors (Lipinski definition) is 1. The Hall–Kier alpha value is -0.120. The summed E-state index contributed by atoms with van der Waals surface area (Å²) < 4.78 is 0. The van der Waals surface area contributed by atoms with Gasteiger partial charge in [-0.05, 0) is 13.8 Å². The minimum absolute atomic E-state index is 0.712. The van der Waals surface area contributed by atoms with E-state index < -0.39 is 0 Å². The van der Waals surface area contributed by atoms with E-state index in [0.29, 0.717) is 6.04 Å². The molecule has 3 heteroatoms. The Balaban J connectivity index is 1.91. The number of nitrogens with one attached hydrogen (secondary N) is 1. The van der Waals surface area contributed by atoms with Crippen LogP contribution in [0.5, 0.6) is 0 Å². The molecule has 0 aromatic rings. The van der Waals surface area contributed by atoms with Gasteiger partial charge < -0.3 is 5.32 Å². The zero-order chi connectivity index (χ0) is 9.26. The lowest BCUT2D eigenvalue weighted by molar-refractivity contribution is 0.0426. The third-order valence-corrected chi connectivity index (χ3v) is 3.32. The van der Waals surface area contributed by atoms with Crippen LogP contribution >= 0.6 is 0 Å². The van der Waals surface area contributed by atoms with E-state index in [0.717, 1.165) is 6.04 Å². The second-order valence-corrected chi connectivity index (χ2v) is 4.48. The van der Waals surface area contributed by atoms with Crippen LogP contribution in [0.4, 0.5) is 0 Å². The maximum absolute atomic E-state index is 3.48. The number of rotatable bonds is 1. The molecule has 2 rings (SSSR count). The molecule has 1 unspecified atom stereocenters. The van der Waals surface area contributed by atoms with Crippen LogP contribution in [0.25, 0.3) is 0 Å². The summed E-state index contributed by atoms with van der Waals surface area (Å²) in [6.07, 6.45) is 0. The standard InChI is InChI=1S/C10H21N3/c1-9(2)13-6-5-12-4-3-11-7-10(12)8-13/h9-11H,3-8H2,1-2H3. The number of fused-ring (bicyclic) bond motifs is 1. The van der Waals surface area contributed by atoms with Gasteiger partial charge in [0.15, 0.2) is 0 Å². The summed E-state index contributed by atoms with van der Waals surface area (Å²) in [6, 6.07) is 1.48. The number of nitrogens with zero attached hydrogens (tertiary/aromatic N) is 2. The molecule has 2 saturated heterocycles. The van der Waals surface area contributed by atoms with E-state index in [1.54, 1.807) is 0 Å². The minimum atomic E-state index is 0.712. The fourth-order valence-electron chi connectivity index (χ4n) is 2.37. The van der Waals surface area contributed by atoms with Gasteiger partial charge in [-0.2, -0.15) is 0 Å². The van der Waals surface area contributed by atoms with Crippen molar-refractivity contribution in [2.24, 2.45) is 0 Å². The maximum atomic E-state index is 3.48. The predicted octanol–water partition coefficient (Wildman–Crippen LogP) is -0.0158. The molecule has 2 aliphatic rings.